The summed E-state index contributed by atoms with van der Waals surface area (Å²) in [5, 5.41) is 0. The maximum absolute atomic E-state index is 12.3. The number of morpholine rings is 1. The Morgan fingerprint density at radius 3 is 2.79 bits per heavy atom. The lowest BCUT2D eigenvalue weighted by molar-refractivity contribution is -0.147. The molecule has 1 aromatic rings. The third kappa shape index (κ3) is 3.57. The predicted molar refractivity (Wildman–Crippen MR) is 94.3 cm³/mol. The van der Waals surface area contributed by atoms with Crippen LogP contribution in [0.3, 0.4) is 0 Å². The van der Waals surface area contributed by atoms with Gasteiger partial charge in [0.05, 0.1) is 31.4 Å². The van der Waals surface area contributed by atoms with Crippen molar-refractivity contribution in [3.8, 4) is 0 Å². The number of amides is 1. The van der Waals surface area contributed by atoms with E-state index in [-0.39, 0.29) is 24.2 Å². The zero-order valence-electron chi connectivity index (χ0n) is 13.7. The summed E-state index contributed by atoms with van der Waals surface area (Å²) in [6.07, 6.45) is 0.210. The first kappa shape index (κ1) is 17.2. The second kappa shape index (κ2) is 7.53. The molecule has 7 heteroatoms. The summed E-state index contributed by atoms with van der Waals surface area (Å²) in [5.74, 6) is -0.716. The van der Waals surface area contributed by atoms with Gasteiger partial charge in [-0.05, 0) is 41.1 Å². The van der Waals surface area contributed by atoms with Crippen molar-refractivity contribution in [2.24, 2.45) is 5.92 Å². The van der Waals surface area contributed by atoms with Crippen LogP contribution in [0.25, 0.3) is 0 Å². The van der Waals surface area contributed by atoms with E-state index >= 15 is 0 Å². The van der Waals surface area contributed by atoms with Gasteiger partial charge in [0, 0.05) is 36.2 Å². The highest BCUT2D eigenvalue weighted by Crippen LogP contribution is 2.33. The van der Waals surface area contributed by atoms with Crippen molar-refractivity contribution < 1.29 is 19.1 Å². The van der Waals surface area contributed by atoms with Crippen LogP contribution >= 0.6 is 15.9 Å². The number of rotatable bonds is 4. The van der Waals surface area contributed by atoms with Crippen LogP contribution in [0.1, 0.15) is 13.3 Å². The van der Waals surface area contributed by atoms with Crippen molar-refractivity contribution in [2.75, 3.05) is 49.3 Å². The molecule has 24 heavy (non-hydrogen) atoms. The first-order valence-corrected chi connectivity index (χ1v) is 8.98. The van der Waals surface area contributed by atoms with Crippen LogP contribution in [0.5, 0.6) is 0 Å². The van der Waals surface area contributed by atoms with Crippen LogP contribution in [0.2, 0.25) is 0 Å². The second-order valence-electron chi connectivity index (χ2n) is 5.89. The van der Waals surface area contributed by atoms with E-state index in [1.807, 2.05) is 18.2 Å². The standard InChI is InChI=1S/C17H21BrN2O4/c1-2-24-17(22)12-9-16(21)20(11-12)13-3-4-15(14(18)10-13)19-5-7-23-8-6-19/h3-4,10,12H,2,5-9,11H2,1H3/t12-/m1/s1. The highest BCUT2D eigenvalue weighted by Gasteiger charge is 2.36. The number of halogens is 1. The smallest absolute Gasteiger partial charge is 0.311 e. The normalized spacial score (nSPS) is 21.2. The Morgan fingerprint density at radius 1 is 1.38 bits per heavy atom. The highest BCUT2D eigenvalue weighted by molar-refractivity contribution is 9.10. The van der Waals surface area contributed by atoms with Gasteiger partial charge in [-0.2, -0.15) is 0 Å². The Labute approximate surface area is 149 Å². The molecule has 0 saturated carbocycles. The summed E-state index contributed by atoms with van der Waals surface area (Å²) in [6.45, 7) is 5.63. The molecule has 2 fully saturated rings. The van der Waals surface area contributed by atoms with Gasteiger partial charge in [0.2, 0.25) is 5.91 Å². The molecule has 0 spiro atoms. The molecule has 0 aliphatic carbocycles. The van der Waals surface area contributed by atoms with Crippen molar-refractivity contribution >= 4 is 39.2 Å². The molecular weight excluding hydrogens is 376 g/mol. The molecular formula is C17H21BrN2O4. The van der Waals surface area contributed by atoms with Crippen LogP contribution in [0.4, 0.5) is 11.4 Å². The van der Waals surface area contributed by atoms with E-state index in [1.54, 1.807) is 11.8 Å². The van der Waals surface area contributed by atoms with Crippen LogP contribution in [0.15, 0.2) is 22.7 Å². The lowest BCUT2D eigenvalue weighted by Gasteiger charge is -2.30. The number of nitrogens with zero attached hydrogens (tertiary/aromatic N) is 2. The van der Waals surface area contributed by atoms with Crippen molar-refractivity contribution in [1.29, 1.82) is 0 Å². The van der Waals surface area contributed by atoms with Crippen LogP contribution in [-0.4, -0.2) is 51.3 Å². The third-order valence-corrected chi connectivity index (χ3v) is 4.97. The number of hydrogen-bond donors (Lipinski definition) is 0. The second-order valence-corrected chi connectivity index (χ2v) is 6.75. The average Bonchev–Trinajstić information content (AvgIpc) is 2.98. The maximum Gasteiger partial charge on any atom is 0.311 e. The van der Waals surface area contributed by atoms with Crippen LogP contribution in [0, 0.1) is 5.92 Å². The van der Waals surface area contributed by atoms with Crippen molar-refractivity contribution in [3.63, 3.8) is 0 Å². The Balaban J connectivity index is 1.74. The number of carbonyl (C=O) groups is 2. The largest absolute Gasteiger partial charge is 0.466 e. The summed E-state index contributed by atoms with van der Waals surface area (Å²) in [7, 11) is 0. The number of benzene rings is 1. The van der Waals surface area contributed by atoms with Crippen molar-refractivity contribution in [3.05, 3.63) is 22.7 Å². The van der Waals surface area contributed by atoms with Gasteiger partial charge < -0.3 is 19.3 Å². The predicted octanol–water partition coefficient (Wildman–Crippen LogP) is 2.20. The molecule has 3 rings (SSSR count). The summed E-state index contributed by atoms with van der Waals surface area (Å²) in [5.41, 5.74) is 1.89. The van der Waals surface area contributed by atoms with E-state index in [1.165, 1.54) is 0 Å². The summed E-state index contributed by atoms with van der Waals surface area (Å²) < 4.78 is 11.4. The molecule has 1 atom stereocenters. The molecule has 2 aliphatic rings. The minimum Gasteiger partial charge on any atom is -0.466 e. The van der Waals surface area contributed by atoms with E-state index in [0.717, 1.165) is 42.2 Å². The van der Waals surface area contributed by atoms with E-state index in [2.05, 4.69) is 20.8 Å². The molecule has 2 saturated heterocycles. The molecule has 6 nitrogen and oxygen atoms in total. The Morgan fingerprint density at radius 2 is 2.12 bits per heavy atom. The van der Waals surface area contributed by atoms with Gasteiger partial charge in [-0.3, -0.25) is 9.59 Å². The van der Waals surface area contributed by atoms with E-state index in [4.69, 9.17) is 9.47 Å². The number of carbonyl (C=O) groups excluding carboxylic acids is 2. The van der Waals surface area contributed by atoms with Gasteiger partial charge in [0.1, 0.15) is 0 Å². The van der Waals surface area contributed by atoms with Gasteiger partial charge in [0.15, 0.2) is 0 Å². The Bertz CT molecular complexity index is 631. The number of esters is 1. The van der Waals surface area contributed by atoms with Gasteiger partial charge in [-0.15, -0.1) is 0 Å². The number of anilines is 2. The first-order valence-electron chi connectivity index (χ1n) is 8.19. The zero-order chi connectivity index (χ0) is 17.1. The molecule has 130 valence electrons. The average molecular weight is 397 g/mol. The molecule has 0 unspecified atom stereocenters. The summed E-state index contributed by atoms with van der Waals surface area (Å²) >= 11 is 3.61. The molecule has 0 radical (unpaired) electrons. The van der Waals surface area contributed by atoms with Crippen molar-refractivity contribution in [1.82, 2.24) is 0 Å². The zero-order valence-corrected chi connectivity index (χ0v) is 15.3. The highest BCUT2D eigenvalue weighted by atomic mass is 79.9. The minimum atomic E-state index is -0.379. The van der Waals surface area contributed by atoms with Gasteiger partial charge in [-0.1, -0.05) is 0 Å². The SMILES string of the molecule is CCOC(=O)[C@@H]1CC(=O)N(c2ccc(N3CCOCC3)c(Br)c2)C1. The van der Waals surface area contributed by atoms with Crippen LogP contribution in [-0.2, 0) is 19.1 Å². The fourth-order valence-corrected chi connectivity index (χ4v) is 3.72. The van der Waals surface area contributed by atoms with Gasteiger partial charge in [0.25, 0.3) is 0 Å². The molecule has 0 bridgehead atoms. The molecule has 1 aromatic carbocycles. The molecule has 1 amide bonds. The summed E-state index contributed by atoms with van der Waals surface area (Å²) in [6, 6.07) is 5.88. The number of hydrogen-bond acceptors (Lipinski definition) is 5. The first-order chi connectivity index (χ1) is 11.6. The topological polar surface area (TPSA) is 59.1 Å². The number of ether oxygens (including phenoxy) is 2. The quantitative estimate of drug-likeness (QED) is 0.730. The molecule has 0 aromatic heterocycles. The third-order valence-electron chi connectivity index (χ3n) is 4.34. The van der Waals surface area contributed by atoms with Gasteiger partial charge in [-0.25, -0.2) is 0 Å². The molecule has 2 heterocycles. The van der Waals surface area contributed by atoms with E-state index < -0.39 is 0 Å². The monoisotopic (exact) mass is 396 g/mol. The van der Waals surface area contributed by atoms with Crippen LogP contribution < -0.4 is 9.80 Å². The van der Waals surface area contributed by atoms with E-state index in [0.29, 0.717) is 13.2 Å². The maximum atomic E-state index is 12.3. The fourth-order valence-electron chi connectivity index (χ4n) is 3.10. The minimum absolute atomic E-state index is 0.0425. The molecule has 2 aliphatic heterocycles. The Kier molecular flexibility index (Phi) is 5.40. The summed E-state index contributed by atoms with van der Waals surface area (Å²) in [4.78, 5) is 28.1. The lowest BCUT2D eigenvalue weighted by Crippen LogP contribution is -2.36. The van der Waals surface area contributed by atoms with E-state index in [9.17, 15) is 9.59 Å². The van der Waals surface area contributed by atoms with Crippen molar-refractivity contribution in [2.45, 2.75) is 13.3 Å². The Hall–Kier alpha value is -1.60. The van der Waals surface area contributed by atoms with Gasteiger partial charge >= 0.3 is 5.97 Å². The fraction of sp³-hybridized carbons (Fsp3) is 0.529. The molecule has 0 N–H and O–H groups in total. The lowest BCUT2D eigenvalue weighted by atomic mass is 10.1.